The van der Waals surface area contributed by atoms with Crippen molar-refractivity contribution in [2.45, 2.75) is 109 Å². The largest absolute Gasteiger partial charge is 0.460 e. The summed E-state index contributed by atoms with van der Waals surface area (Å²) in [5.41, 5.74) is 4.82. The van der Waals surface area contributed by atoms with Crippen molar-refractivity contribution in [2.24, 2.45) is 5.41 Å². The van der Waals surface area contributed by atoms with E-state index < -0.39 is 84.4 Å². The van der Waals surface area contributed by atoms with Gasteiger partial charge in [0.15, 0.2) is 0 Å². The van der Waals surface area contributed by atoms with E-state index in [-0.39, 0.29) is 69.2 Å². The van der Waals surface area contributed by atoms with E-state index in [4.69, 9.17) is 14.5 Å². The van der Waals surface area contributed by atoms with Crippen molar-refractivity contribution >= 4 is 64.1 Å². The first kappa shape index (κ1) is 53.7. The second-order valence-electron chi connectivity index (χ2n) is 20.1. The molecule has 77 heavy (non-hydrogen) atoms. The van der Waals surface area contributed by atoms with Gasteiger partial charge in [0.1, 0.15) is 25.2 Å². The van der Waals surface area contributed by atoms with Gasteiger partial charge in [-0.15, -0.1) is 0 Å². The Kier molecular flexibility index (Phi) is 16.0. The maximum Gasteiger partial charge on any atom is 0.313 e. The van der Waals surface area contributed by atoms with Gasteiger partial charge in [0.05, 0.1) is 72.6 Å². The number of pyridine rings is 2. The van der Waals surface area contributed by atoms with Crippen LogP contribution in [0.25, 0.3) is 22.3 Å². The molecule has 0 bridgehead atoms. The zero-order valence-electron chi connectivity index (χ0n) is 42.8. The van der Waals surface area contributed by atoms with E-state index in [1.54, 1.807) is 41.8 Å². The highest BCUT2D eigenvalue weighted by Crippen LogP contribution is 2.49. The smallest absolute Gasteiger partial charge is 0.313 e. The van der Waals surface area contributed by atoms with E-state index in [2.05, 4.69) is 31.9 Å². The van der Waals surface area contributed by atoms with Crippen LogP contribution in [0.5, 0.6) is 0 Å². The number of hydrogen-bond donors (Lipinski definition) is 6. The molecule has 0 radical (unpaired) electrons. The molecule has 2 aliphatic carbocycles. The Labute approximate surface area is 441 Å². The Bertz CT molecular complexity index is 3170. The molecular formula is C55H60FN9O12. The Morgan fingerprint density at radius 2 is 1.57 bits per heavy atom. The number of benzene rings is 2. The summed E-state index contributed by atoms with van der Waals surface area (Å²) in [4.78, 5) is 134. The van der Waals surface area contributed by atoms with E-state index in [1.807, 2.05) is 13.0 Å². The fourth-order valence-electron chi connectivity index (χ4n) is 10.5. The fraction of sp³-hybridized carbons (Fsp3) is 0.436. The maximum absolute atomic E-state index is 15.5. The molecule has 1 saturated carbocycles. The average molecular weight is 1060 g/mol. The molecule has 22 heteroatoms. The number of cyclic esters (lactones) is 1. The predicted molar refractivity (Wildman–Crippen MR) is 273 cm³/mol. The number of nitrogens with one attached hydrogen (secondary N) is 6. The van der Waals surface area contributed by atoms with Crippen LogP contribution in [-0.2, 0) is 78.6 Å². The topological polar surface area (TPSA) is 282 Å². The molecule has 0 unspecified atom stereocenters. The van der Waals surface area contributed by atoms with Gasteiger partial charge in [-0.2, -0.15) is 0 Å². The number of ether oxygens (including phenoxy) is 2. The van der Waals surface area contributed by atoms with Gasteiger partial charge in [-0.3, -0.25) is 52.8 Å². The van der Waals surface area contributed by atoms with Gasteiger partial charge in [0.25, 0.3) is 17.4 Å². The van der Waals surface area contributed by atoms with Gasteiger partial charge >= 0.3 is 5.97 Å². The zero-order valence-corrected chi connectivity index (χ0v) is 42.8. The molecule has 4 aromatic rings. The van der Waals surface area contributed by atoms with E-state index in [0.717, 1.165) is 27.0 Å². The molecule has 404 valence electrons. The van der Waals surface area contributed by atoms with Crippen molar-refractivity contribution in [3.8, 4) is 11.4 Å². The normalized spacial score (nSPS) is 17.6. The summed E-state index contributed by atoms with van der Waals surface area (Å²) >= 11 is 0. The summed E-state index contributed by atoms with van der Waals surface area (Å²) in [7, 11) is 0. The van der Waals surface area contributed by atoms with E-state index in [1.165, 1.54) is 18.2 Å². The molecule has 8 amide bonds. The van der Waals surface area contributed by atoms with Crippen molar-refractivity contribution in [3.63, 3.8) is 0 Å². The van der Waals surface area contributed by atoms with Crippen LogP contribution in [0.15, 0.2) is 59.4 Å². The van der Waals surface area contributed by atoms with Crippen LogP contribution in [-0.4, -0.2) is 113 Å². The summed E-state index contributed by atoms with van der Waals surface area (Å²) in [6, 6.07) is 10.4. The molecule has 1 fully saturated rings. The van der Waals surface area contributed by atoms with Gasteiger partial charge in [-0.25, -0.2) is 9.37 Å². The number of carbonyl (C=O) groups excluding carboxylic acids is 9. The Hall–Kier alpha value is -8.14. The number of rotatable bonds is 23. The van der Waals surface area contributed by atoms with Crippen LogP contribution < -0.4 is 37.5 Å². The lowest BCUT2D eigenvalue weighted by Gasteiger charge is -2.31. The van der Waals surface area contributed by atoms with Crippen molar-refractivity contribution < 1.29 is 57.0 Å². The highest BCUT2D eigenvalue weighted by molar-refractivity contribution is 6.12. The molecule has 3 atom stereocenters. The molecule has 2 aromatic carbocycles. The minimum absolute atomic E-state index is 0.0179. The standard InChI is InChI=1S/C55H60FN9O12/c1-3-32-34-21-41-50-35(26-65(41)52(73)36(34)27-77-53(32)74)49-38(14-13-33-30(2)37(56)22-39(62-50)48(33)49)63-54(75)55(17-18-55)28-76-29-60-44(68)24-59-51(72)40(20-31-10-6-4-7-11-31)61-45(69)25-58-43(67)23-57-42(66)12-8-5-9-19-64-46(70)15-16-47(64)71/h4,6-7,10-11,15-16,21-22,32,38,40H,3,5,8-9,12-14,17-20,23-29H2,1-2H3,(H,57,66)(H,58,67)(H,59,72)(H,60,68)(H,61,69)(H,63,75)/t32-,38+,40+/m1/s1. The van der Waals surface area contributed by atoms with Crippen LogP contribution in [0.4, 0.5) is 4.39 Å². The van der Waals surface area contributed by atoms with Gasteiger partial charge in [-0.1, -0.05) is 43.7 Å². The summed E-state index contributed by atoms with van der Waals surface area (Å²) in [6.45, 7) is 2.21. The number of unbranched alkanes of at least 4 members (excludes halogenated alkanes) is 2. The van der Waals surface area contributed by atoms with Crippen LogP contribution in [0.2, 0.25) is 0 Å². The second-order valence-corrected chi connectivity index (χ2v) is 20.1. The fourth-order valence-corrected chi connectivity index (χ4v) is 10.5. The molecule has 0 saturated heterocycles. The first-order valence-electron chi connectivity index (χ1n) is 26.0. The number of esters is 1. The van der Waals surface area contributed by atoms with Crippen molar-refractivity contribution in [1.82, 2.24) is 46.4 Å². The number of fused-ring (bicyclic) bond motifs is 5. The number of halogens is 1. The molecule has 3 aliphatic heterocycles. The highest BCUT2D eigenvalue weighted by atomic mass is 19.1. The molecule has 21 nitrogen and oxygen atoms in total. The molecule has 5 aliphatic rings. The van der Waals surface area contributed by atoms with E-state index in [9.17, 15) is 47.9 Å². The number of aryl methyl sites for hydroxylation is 1. The number of amides is 8. The number of carbonyl (C=O) groups is 9. The Balaban J connectivity index is 0.745. The summed E-state index contributed by atoms with van der Waals surface area (Å²) in [6.07, 6.45) is 6.60. The van der Waals surface area contributed by atoms with Gasteiger partial charge in [0, 0.05) is 48.6 Å². The lowest BCUT2D eigenvalue weighted by molar-refractivity contribution is -0.148. The third-order valence-corrected chi connectivity index (χ3v) is 15.0. The molecule has 9 rings (SSSR count). The average Bonchev–Trinajstić information content (AvgIpc) is 4.18. The van der Waals surface area contributed by atoms with Crippen molar-refractivity contribution in [1.29, 1.82) is 0 Å². The summed E-state index contributed by atoms with van der Waals surface area (Å²) in [5, 5.41) is 16.6. The Morgan fingerprint density at radius 1 is 0.857 bits per heavy atom. The number of hydrogen-bond acceptors (Lipinski definition) is 13. The molecule has 2 aromatic heterocycles. The SMILES string of the molecule is CC[C@H]1C(=O)OCc2c1cc1n(c2=O)Cc2c-1nc1cc(F)c(C)c3c1c2[C@@H](NC(=O)C1(COCNC(=O)CNC(=O)[C@H](Cc2ccccc2)NC(=O)CNC(=O)CNC(=O)CCCCCN2C(=O)C=CC2=O)CC1)CC3. The lowest BCUT2D eigenvalue weighted by atomic mass is 9.81. The van der Waals surface area contributed by atoms with Crippen molar-refractivity contribution in [3.05, 3.63) is 110 Å². The number of nitrogens with zero attached hydrogens (tertiary/aromatic N) is 3. The van der Waals surface area contributed by atoms with Crippen LogP contribution in [0.1, 0.15) is 109 Å². The quantitative estimate of drug-likeness (QED) is 0.0237. The molecule has 6 N–H and O–H groups in total. The molecule has 5 heterocycles. The highest BCUT2D eigenvalue weighted by Gasteiger charge is 2.51. The second kappa shape index (κ2) is 23.0. The third kappa shape index (κ3) is 11.7. The van der Waals surface area contributed by atoms with Crippen LogP contribution in [0, 0.1) is 18.2 Å². The summed E-state index contributed by atoms with van der Waals surface area (Å²) in [5.74, 6) is -5.39. The Morgan fingerprint density at radius 3 is 2.31 bits per heavy atom. The van der Waals surface area contributed by atoms with Gasteiger partial charge in [0.2, 0.25) is 35.4 Å². The van der Waals surface area contributed by atoms with E-state index in [0.29, 0.717) is 90.5 Å². The van der Waals surface area contributed by atoms with Crippen LogP contribution >= 0.6 is 0 Å². The number of imide groups is 1. The molecule has 0 spiro atoms. The molecular weight excluding hydrogens is 998 g/mol. The minimum Gasteiger partial charge on any atom is -0.460 e. The minimum atomic E-state index is -1.14. The maximum atomic E-state index is 15.5. The van der Waals surface area contributed by atoms with E-state index >= 15 is 4.39 Å². The van der Waals surface area contributed by atoms with Gasteiger partial charge in [-0.05, 0) is 85.8 Å². The third-order valence-electron chi connectivity index (χ3n) is 15.0. The summed E-state index contributed by atoms with van der Waals surface area (Å²) < 4.78 is 28.3. The predicted octanol–water partition coefficient (Wildman–Crippen LogP) is 1.96. The lowest BCUT2D eigenvalue weighted by Crippen LogP contribution is -2.52. The van der Waals surface area contributed by atoms with Crippen LogP contribution in [0.3, 0.4) is 0 Å². The number of aromatic nitrogens is 2. The first-order valence-corrected chi connectivity index (χ1v) is 26.0. The van der Waals surface area contributed by atoms with Crippen molar-refractivity contribution in [2.75, 3.05) is 39.5 Å². The monoisotopic (exact) mass is 1060 g/mol. The van der Waals surface area contributed by atoms with Gasteiger partial charge < -0.3 is 45.9 Å². The first-order chi connectivity index (χ1) is 37.0. The zero-order chi connectivity index (χ0) is 54.5.